The fourth-order valence-electron chi connectivity index (χ4n) is 2.82. The summed E-state index contributed by atoms with van der Waals surface area (Å²) >= 11 is 0. The summed E-state index contributed by atoms with van der Waals surface area (Å²) in [4.78, 5) is 13.5. The van der Waals surface area contributed by atoms with Crippen molar-refractivity contribution in [2.45, 2.75) is 31.4 Å². The number of likely N-dealkylation sites (tertiary alicyclic amines) is 1. The number of carbonyl (C=O) groups is 1. The molecule has 1 aromatic carbocycles. The molecule has 1 unspecified atom stereocenters. The van der Waals surface area contributed by atoms with Gasteiger partial charge in [0, 0.05) is 12.6 Å². The smallest absolute Gasteiger partial charge is 0.225 e. The lowest BCUT2D eigenvalue weighted by atomic mass is 10.1. The third kappa shape index (κ3) is 1.52. The highest BCUT2D eigenvalue weighted by Crippen LogP contribution is 2.28. The van der Waals surface area contributed by atoms with Crippen molar-refractivity contribution in [3.05, 3.63) is 35.4 Å². The lowest BCUT2D eigenvalue weighted by Gasteiger charge is -2.23. The zero-order valence-electron chi connectivity index (χ0n) is 9.10. The maximum absolute atomic E-state index is 11.7. The number of benzene rings is 1. The molecule has 84 valence electrons. The van der Waals surface area contributed by atoms with E-state index in [1.165, 1.54) is 11.1 Å². The van der Waals surface area contributed by atoms with Gasteiger partial charge in [0.1, 0.15) is 0 Å². The molecule has 0 bridgehead atoms. The van der Waals surface area contributed by atoms with Crippen molar-refractivity contribution in [2.24, 2.45) is 0 Å². The third-order valence-corrected chi connectivity index (χ3v) is 3.61. The van der Waals surface area contributed by atoms with Gasteiger partial charge < -0.3 is 10.0 Å². The number of aliphatic hydroxyl groups excluding tert-OH is 1. The van der Waals surface area contributed by atoms with Crippen LogP contribution in [0.4, 0.5) is 0 Å². The van der Waals surface area contributed by atoms with E-state index in [2.05, 4.69) is 12.1 Å². The molecule has 1 amide bonds. The third-order valence-electron chi connectivity index (χ3n) is 3.61. The first-order chi connectivity index (χ1) is 7.74. The van der Waals surface area contributed by atoms with Gasteiger partial charge >= 0.3 is 0 Å². The summed E-state index contributed by atoms with van der Waals surface area (Å²) in [6.45, 7) is 0.511. The number of aliphatic hydroxyl groups is 1. The first-order valence-corrected chi connectivity index (χ1v) is 5.78. The maximum Gasteiger partial charge on any atom is 0.225 e. The molecule has 0 saturated carbocycles. The fourth-order valence-corrected chi connectivity index (χ4v) is 2.82. The van der Waals surface area contributed by atoms with Crippen molar-refractivity contribution < 1.29 is 9.90 Å². The summed E-state index contributed by atoms with van der Waals surface area (Å²) in [6, 6.07) is 8.62. The summed E-state index contributed by atoms with van der Waals surface area (Å²) in [5, 5.41) is 9.48. The molecule has 1 saturated heterocycles. The van der Waals surface area contributed by atoms with Gasteiger partial charge in [0.25, 0.3) is 0 Å². The SMILES string of the molecule is O=C1CC(O)CN1C1Cc2ccccc2C1. The van der Waals surface area contributed by atoms with Gasteiger partial charge in [-0.2, -0.15) is 0 Å². The monoisotopic (exact) mass is 217 g/mol. The minimum atomic E-state index is -0.462. The Labute approximate surface area is 94.7 Å². The Kier molecular flexibility index (Phi) is 2.21. The van der Waals surface area contributed by atoms with Crippen LogP contribution in [0.3, 0.4) is 0 Å². The van der Waals surface area contributed by atoms with Gasteiger partial charge in [-0.1, -0.05) is 24.3 Å². The van der Waals surface area contributed by atoms with Crippen molar-refractivity contribution in [2.75, 3.05) is 6.54 Å². The summed E-state index contributed by atoms with van der Waals surface area (Å²) in [5.41, 5.74) is 2.70. The number of carbonyl (C=O) groups excluding carboxylic acids is 1. The molecular weight excluding hydrogens is 202 g/mol. The normalized spacial score (nSPS) is 25.2. The average Bonchev–Trinajstić information content (AvgIpc) is 2.81. The summed E-state index contributed by atoms with van der Waals surface area (Å²) < 4.78 is 0. The Morgan fingerprint density at radius 1 is 1.12 bits per heavy atom. The van der Waals surface area contributed by atoms with E-state index in [0.717, 1.165) is 12.8 Å². The van der Waals surface area contributed by atoms with Crippen LogP contribution in [-0.4, -0.2) is 34.6 Å². The quantitative estimate of drug-likeness (QED) is 0.754. The van der Waals surface area contributed by atoms with Crippen LogP contribution in [-0.2, 0) is 17.6 Å². The van der Waals surface area contributed by atoms with E-state index >= 15 is 0 Å². The van der Waals surface area contributed by atoms with Gasteiger partial charge in [0.2, 0.25) is 5.91 Å². The van der Waals surface area contributed by atoms with Crippen LogP contribution in [0.15, 0.2) is 24.3 Å². The molecule has 16 heavy (non-hydrogen) atoms. The Hall–Kier alpha value is -1.35. The topological polar surface area (TPSA) is 40.5 Å². The highest BCUT2D eigenvalue weighted by Gasteiger charge is 2.35. The molecule has 0 aromatic heterocycles. The van der Waals surface area contributed by atoms with Crippen LogP contribution in [0, 0.1) is 0 Å². The van der Waals surface area contributed by atoms with E-state index in [4.69, 9.17) is 0 Å². The highest BCUT2D eigenvalue weighted by molar-refractivity contribution is 5.79. The van der Waals surface area contributed by atoms with Crippen molar-refractivity contribution in [1.29, 1.82) is 0 Å². The number of amides is 1. The first-order valence-electron chi connectivity index (χ1n) is 5.78. The Morgan fingerprint density at radius 3 is 2.25 bits per heavy atom. The van der Waals surface area contributed by atoms with Gasteiger partial charge in [-0.3, -0.25) is 4.79 Å². The number of hydrogen-bond acceptors (Lipinski definition) is 2. The summed E-state index contributed by atoms with van der Waals surface area (Å²) in [7, 11) is 0. The number of hydrogen-bond donors (Lipinski definition) is 1. The number of fused-ring (bicyclic) bond motifs is 1. The van der Waals surface area contributed by atoms with Gasteiger partial charge in [-0.05, 0) is 24.0 Å². The Morgan fingerprint density at radius 2 is 1.75 bits per heavy atom. The van der Waals surface area contributed by atoms with E-state index in [1.54, 1.807) is 0 Å². The van der Waals surface area contributed by atoms with E-state index in [9.17, 15) is 9.90 Å². The lowest BCUT2D eigenvalue weighted by molar-refractivity contribution is -0.129. The summed E-state index contributed by atoms with van der Waals surface area (Å²) in [5.74, 6) is 0.102. The number of nitrogens with zero attached hydrogens (tertiary/aromatic N) is 1. The fraction of sp³-hybridized carbons (Fsp3) is 0.462. The molecule has 3 rings (SSSR count). The van der Waals surface area contributed by atoms with Gasteiger partial charge in [0.05, 0.1) is 12.5 Å². The van der Waals surface area contributed by atoms with Crippen LogP contribution < -0.4 is 0 Å². The molecule has 1 heterocycles. The predicted octanol–water partition coefficient (Wildman–Crippen LogP) is 0.747. The molecular formula is C13H15NO2. The van der Waals surface area contributed by atoms with Crippen LogP contribution >= 0.6 is 0 Å². The van der Waals surface area contributed by atoms with Crippen LogP contribution in [0.5, 0.6) is 0 Å². The van der Waals surface area contributed by atoms with E-state index in [0.29, 0.717) is 13.0 Å². The molecule has 1 N–H and O–H groups in total. The number of rotatable bonds is 1. The molecule has 3 nitrogen and oxygen atoms in total. The van der Waals surface area contributed by atoms with E-state index < -0.39 is 6.10 Å². The molecule has 1 aliphatic heterocycles. The largest absolute Gasteiger partial charge is 0.391 e. The number of β-amino-alcohol motifs (C(OH)–C–C–N with tert-alkyl or cyclic N) is 1. The van der Waals surface area contributed by atoms with E-state index in [-0.39, 0.29) is 11.9 Å². The van der Waals surface area contributed by atoms with Crippen LogP contribution in [0.2, 0.25) is 0 Å². The zero-order valence-corrected chi connectivity index (χ0v) is 9.10. The Balaban J connectivity index is 1.79. The molecule has 1 aliphatic carbocycles. The van der Waals surface area contributed by atoms with Crippen molar-refractivity contribution in [3.63, 3.8) is 0 Å². The predicted molar refractivity (Wildman–Crippen MR) is 60.0 cm³/mol. The van der Waals surface area contributed by atoms with Crippen molar-refractivity contribution in [3.8, 4) is 0 Å². The maximum atomic E-state index is 11.7. The second kappa shape index (κ2) is 3.59. The van der Waals surface area contributed by atoms with Crippen molar-refractivity contribution in [1.82, 2.24) is 4.90 Å². The molecule has 1 aromatic rings. The second-order valence-electron chi connectivity index (χ2n) is 4.73. The van der Waals surface area contributed by atoms with Gasteiger partial charge in [-0.25, -0.2) is 0 Å². The van der Waals surface area contributed by atoms with Crippen molar-refractivity contribution >= 4 is 5.91 Å². The second-order valence-corrected chi connectivity index (χ2v) is 4.73. The molecule has 2 aliphatic rings. The molecule has 0 spiro atoms. The molecule has 1 fully saturated rings. The van der Waals surface area contributed by atoms with Crippen LogP contribution in [0.1, 0.15) is 17.5 Å². The van der Waals surface area contributed by atoms with Gasteiger partial charge in [0.15, 0.2) is 0 Å². The van der Waals surface area contributed by atoms with Gasteiger partial charge in [-0.15, -0.1) is 0 Å². The van der Waals surface area contributed by atoms with Crippen LogP contribution in [0.25, 0.3) is 0 Å². The molecule has 3 heteroatoms. The van der Waals surface area contributed by atoms with E-state index in [1.807, 2.05) is 17.0 Å². The highest BCUT2D eigenvalue weighted by atomic mass is 16.3. The Bertz CT molecular complexity index is 405. The molecule has 0 radical (unpaired) electrons. The lowest BCUT2D eigenvalue weighted by Crippen LogP contribution is -2.37. The zero-order chi connectivity index (χ0) is 11.1. The minimum absolute atomic E-state index is 0.102. The minimum Gasteiger partial charge on any atom is -0.391 e. The average molecular weight is 217 g/mol. The first kappa shape index (κ1) is 9.85. The standard InChI is InChI=1S/C13H15NO2/c15-12-7-13(16)14(8-12)11-5-9-3-1-2-4-10(9)6-11/h1-4,11-12,15H,5-8H2. The summed E-state index contributed by atoms with van der Waals surface area (Å²) in [6.07, 6.45) is 1.71. The molecule has 1 atom stereocenters.